The molecule has 0 fully saturated rings. The molecule has 0 aromatic heterocycles. The van der Waals surface area contributed by atoms with Crippen molar-refractivity contribution in [1.29, 1.82) is 0 Å². The van der Waals surface area contributed by atoms with Gasteiger partial charge >= 0.3 is 18.3 Å². The SMILES string of the molecule is O=[Si]([O-])OCCO[Si](=O)O. The van der Waals surface area contributed by atoms with Crippen molar-refractivity contribution >= 4 is 18.3 Å². The van der Waals surface area contributed by atoms with Gasteiger partial charge in [-0.2, -0.15) is 0 Å². The maximum absolute atomic E-state index is 9.80. The third kappa shape index (κ3) is 7.23. The van der Waals surface area contributed by atoms with Gasteiger partial charge in [-0.15, -0.1) is 0 Å². The number of hydrogen-bond acceptors (Lipinski definition) is 5. The Kier molecular flexibility index (Phi) is 4.67. The molecular weight excluding hydrogens is 176 g/mol. The van der Waals surface area contributed by atoms with E-state index in [1.54, 1.807) is 0 Å². The summed E-state index contributed by atoms with van der Waals surface area (Å²) >= 11 is 0. The molecule has 0 aliphatic rings. The van der Waals surface area contributed by atoms with Crippen molar-refractivity contribution in [3.05, 3.63) is 0 Å². The molecule has 0 aliphatic heterocycles. The molecule has 6 nitrogen and oxygen atoms in total. The van der Waals surface area contributed by atoms with Gasteiger partial charge in [0.25, 0.3) is 0 Å². The molecule has 0 aliphatic carbocycles. The molecule has 0 aromatic rings. The van der Waals surface area contributed by atoms with Gasteiger partial charge in [-0.3, -0.25) is 4.46 Å². The summed E-state index contributed by atoms with van der Waals surface area (Å²) in [5.41, 5.74) is 0. The Bertz CT molecular complexity index is 118. The van der Waals surface area contributed by atoms with Crippen LogP contribution in [0.5, 0.6) is 0 Å². The van der Waals surface area contributed by atoms with Crippen LogP contribution in [0.25, 0.3) is 0 Å². The minimum absolute atomic E-state index is 0.188. The van der Waals surface area contributed by atoms with Crippen LogP contribution in [0.15, 0.2) is 0 Å². The zero-order valence-corrected chi connectivity index (χ0v) is 6.90. The van der Waals surface area contributed by atoms with Crippen molar-refractivity contribution in [2.45, 2.75) is 0 Å². The second kappa shape index (κ2) is 5.05. The Morgan fingerprint density at radius 1 is 1.30 bits per heavy atom. The molecule has 1 N–H and O–H groups in total. The maximum Gasteiger partial charge on any atom is 0.764 e. The fraction of sp³-hybridized carbons (Fsp3) is 1.00. The van der Waals surface area contributed by atoms with Crippen LogP contribution >= 0.6 is 0 Å². The van der Waals surface area contributed by atoms with E-state index in [1.165, 1.54) is 0 Å². The van der Waals surface area contributed by atoms with E-state index >= 15 is 0 Å². The molecule has 0 aromatic carbocycles. The summed E-state index contributed by atoms with van der Waals surface area (Å²) in [5.74, 6) is 0. The molecule has 0 unspecified atom stereocenters. The molecule has 0 spiro atoms. The van der Waals surface area contributed by atoms with Crippen molar-refractivity contribution in [2.24, 2.45) is 0 Å². The molecule has 0 heterocycles. The molecule has 8 heteroatoms. The van der Waals surface area contributed by atoms with Gasteiger partial charge in [-0.25, -0.2) is 0 Å². The fourth-order valence-electron chi connectivity index (χ4n) is 0.254. The molecule has 0 atom stereocenters. The fourth-order valence-corrected chi connectivity index (χ4v) is 0.762. The van der Waals surface area contributed by atoms with Crippen molar-refractivity contribution in [1.82, 2.24) is 0 Å². The Hall–Kier alpha value is -0.766. The summed E-state index contributed by atoms with van der Waals surface area (Å²) in [7, 11) is -6.14. The van der Waals surface area contributed by atoms with E-state index in [0.717, 1.165) is 0 Å². The normalized spacial score (nSPS) is 8.40. The molecule has 0 amide bonds. The van der Waals surface area contributed by atoms with Gasteiger partial charge in [0.05, 0.1) is 6.61 Å². The topological polar surface area (TPSA) is 95.9 Å². The minimum atomic E-state index is -3.18. The lowest BCUT2D eigenvalue weighted by Crippen LogP contribution is -2.26. The highest BCUT2D eigenvalue weighted by Crippen LogP contribution is 1.73. The molecule has 0 rings (SSSR count). The highest BCUT2D eigenvalue weighted by molar-refractivity contribution is 6.24. The van der Waals surface area contributed by atoms with Gasteiger partial charge < -0.3 is 22.9 Å². The quantitative estimate of drug-likeness (QED) is 0.363. The predicted molar refractivity (Wildman–Crippen MR) is 27.0 cm³/mol. The standard InChI is InChI=1S/C2H5O6Si2/c3-9(4)7-1-2-8-10(5)6/h3H,1-2H2/q-1. The van der Waals surface area contributed by atoms with E-state index in [9.17, 15) is 13.7 Å². The second-order valence-corrected chi connectivity index (χ2v) is 2.82. The summed E-state index contributed by atoms with van der Waals surface area (Å²) in [6.07, 6.45) is 0. The van der Waals surface area contributed by atoms with Crippen LogP contribution in [0.1, 0.15) is 0 Å². The van der Waals surface area contributed by atoms with E-state index in [2.05, 4.69) is 8.85 Å². The van der Waals surface area contributed by atoms with Gasteiger partial charge in [0.2, 0.25) is 0 Å². The van der Waals surface area contributed by atoms with Crippen LogP contribution in [-0.2, 0) is 17.8 Å². The summed E-state index contributed by atoms with van der Waals surface area (Å²) < 4.78 is 27.6. The van der Waals surface area contributed by atoms with Crippen LogP contribution in [0.3, 0.4) is 0 Å². The first-order chi connectivity index (χ1) is 4.63. The average molecular weight is 181 g/mol. The van der Waals surface area contributed by atoms with Crippen LogP contribution in [0.4, 0.5) is 0 Å². The van der Waals surface area contributed by atoms with E-state index in [-0.39, 0.29) is 13.2 Å². The monoisotopic (exact) mass is 181 g/mol. The first kappa shape index (κ1) is 9.23. The molecule has 10 heavy (non-hydrogen) atoms. The van der Waals surface area contributed by atoms with Crippen molar-refractivity contribution < 1.29 is 27.4 Å². The largest absolute Gasteiger partial charge is 0.764 e. The zero-order valence-electron chi connectivity index (χ0n) is 4.90. The summed E-state index contributed by atoms with van der Waals surface area (Å²) in [6, 6.07) is 0. The average Bonchev–Trinajstić information content (AvgIpc) is 1.79. The van der Waals surface area contributed by atoms with E-state index in [4.69, 9.17) is 4.80 Å². The Labute approximate surface area is 59.8 Å². The lowest BCUT2D eigenvalue weighted by atomic mass is 10.8. The van der Waals surface area contributed by atoms with Crippen molar-refractivity contribution in [3.8, 4) is 0 Å². The van der Waals surface area contributed by atoms with Gasteiger partial charge in [-0.1, -0.05) is 0 Å². The predicted octanol–water partition coefficient (Wildman–Crippen LogP) is -2.80. The highest BCUT2D eigenvalue weighted by atomic mass is 28.3. The molecule has 0 saturated heterocycles. The highest BCUT2D eigenvalue weighted by Gasteiger charge is 2.00. The Morgan fingerprint density at radius 2 is 1.80 bits per heavy atom. The van der Waals surface area contributed by atoms with Gasteiger partial charge in [-0.05, 0) is 0 Å². The Morgan fingerprint density at radius 3 is 2.20 bits per heavy atom. The number of rotatable bonds is 5. The summed E-state index contributed by atoms with van der Waals surface area (Å²) in [4.78, 5) is 17.7. The minimum Gasteiger partial charge on any atom is -0.585 e. The summed E-state index contributed by atoms with van der Waals surface area (Å²) in [5, 5.41) is 0. The van der Waals surface area contributed by atoms with Crippen LogP contribution in [0, 0.1) is 0 Å². The van der Waals surface area contributed by atoms with E-state index in [0.29, 0.717) is 0 Å². The third-order valence-corrected chi connectivity index (χ3v) is 1.42. The van der Waals surface area contributed by atoms with E-state index < -0.39 is 18.3 Å². The van der Waals surface area contributed by atoms with Crippen LogP contribution in [0.2, 0.25) is 0 Å². The maximum atomic E-state index is 9.80. The lowest BCUT2D eigenvalue weighted by Gasteiger charge is -2.05. The van der Waals surface area contributed by atoms with Gasteiger partial charge in [0.15, 0.2) is 0 Å². The summed E-state index contributed by atoms with van der Waals surface area (Å²) in [6.45, 7) is -0.398. The molecule has 0 saturated carbocycles. The van der Waals surface area contributed by atoms with Crippen LogP contribution < -0.4 is 4.80 Å². The third-order valence-electron chi connectivity index (χ3n) is 0.529. The van der Waals surface area contributed by atoms with Crippen molar-refractivity contribution in [3.63, 3.8) is 0 Å². The molecule has 58 valence electrons. The number of hydrogen-bond donors (Lipinski definition) is 1. The van der Waals surface area contributed by atoms with Crippen molar-refractivity contribution in [2.75, 3.05) is 13.2 Å². The molecular formula is C2H5O6Si2-. The second-order valence-electron chi connectivity index (χ2n) is 1.21. The first-order valence-electron chi connectivity index (χ1n) is 2.32. The van der Waals surface area contributed by atoms with E-state index in [1.807, 2.05) is 0 Å². The zero-order chi connectivity index (χ0) is 7.98. The molecule has 0 radical (unpaired) electrons. The van der Waals surface area contributed by atoms with Crippen LogP contribution in [-0.4, -0.2) is 36.3 Å². The van der Waals surface area contributed by atoms with Gasteiger partial charge in [0.1, 0.15) is 0 Å². The van der Waals surface area contributed by atoms with Gasteiger partial charge in [0, 0.05) is 6.61 Å². The first-order valence-corrected chi connectivity index (χ1v) is 4.81. The molecule has 0 bridgehead atoms. The smallest absolute Gasteiger partial charge is 0.585 e. The Balaban J connectivity index is 3.06. The lowest BCUT2D eigenvalue weighted by molar-refractivity contribution is -0.229.